The number of nitrogens with one attached hydrogen (secondary N) is 1. The smallest absolute Gasteiger partial charge is 0.239 e. The van der Waals surface area contributed by atoms with E-state index in [1.807, 2.05) is 11.0 Å². The standard InChI is InChI=1S/C14H20ClN3O2S/c15-13-2-1-11(21-13)9-17-3-5-18(6-4-17)14(20)12-7-10(19)8-16-12/h1-2,10,12,16,19H,3-9H2/t10-,12+/m0/s1. The molecule has 1 amide bonds. The van der Waals surface area contributed by atoms with Crippen molar-refractivity contribution in [1.29, 1.82) is 0 Å². The number of carbonyl (C=O) groups excluding carboxylic acids is 1. The van der Waals surface area contributed by atoms with E-state index < -0.39 is 0 Å². The molecule has 2 saturated heterocycles. The molecular weight excluding hydrogens is 310 g/mol. The summed E-state index contributed by atoms with van der Waals surface area (Å²) in [5, 5.41) is 12.6. The van der Waals surface area contributed by atoms with E-state index in [1.54, 1.807) is 11.3 Å². The molecule has 2 atom stereocenters. The van der Waals surface area contributed by atoms with Gasteiger partial charge in [0.2, 0.25) is 5.91 Å². The summed E-state index contributed by atoms with van der Waals surface area (Å²) in [4.78, 5) is 17.9. The van der Waals surface area contributed by atoms with E-state index in [-0.39, 0.29) is 18.1 Å². The van der Waals surface area contributed by atoms with Crippen molar-refractivity contribution in [3.05, 3.63) is 21.3 Å². The highest BCUT2D eigenvalue weighted by Crippen LogP contribution is 2.23. The molecule has 116 valence electrons. The van der Waals surface area contributed by atoms with Gasteiger partial charge in [-0.15, -0.1) is 11.3 Å². The normalized spacial score (nSPS) is 27.2. The second-order valence-corrected chi connectivity index (χ2v) is 7.46. The molecule has 0 unspecified atom stereocenters. The summed E-state index contributed by atoms with van der Waals surface area (Å²) in [6.45, 7) is 4.71. The first-order valence-corrected chi connectivity index (χ1v) is 8.48. The molecule has 2 fully saturated rings. The fourth-order valence-corrected chi connectivity index (χ4v) is 4.04. The van der Waals surface area contributed by atoms with Crippen molar-refractivity contribution in [1.82, 2.24) is 15.1 Å². The summed E-state index contributed by atoms with van der Waals surface area (Å²) in [6, 6.07) is 3.79. The highest BCUT2D eigenvalue weighted by atomic mass is 35.5. The largest absolute Gasteiger partial charge is 0.392 e. The molecule has 2 N–H and O–H groups in total. The number of hydrogen-bond donors (Lipinski definition) is 2. The van der Waals surface area contributed by atoms with Crippen LogP contribution in [0.2, 0.25) is 4.34 Å². The van der Waals surface area contributed by atoms with Crippen LogP contribution >= 0.6 is 22.9 Å². The summed E-state index contributed by atoms with van der Waals surface area (Å²) in [5.41, 5.74) is 0. The second-order valence-electron chi connectivity index (χ2n) is 5.66. The summed E-state index contributed by atoms with van der Waals surface area (Å²) < 4.78 is 0.824. The Morgan fingerprint density at radius 3 is 2.71 bits per heavy atom. The number of halogens is 1. The molecule has 5 nitrogen and oxygen atoms in total. The Morgan fingerprint density at radius 1 is 1.38 bits per heavy atom. The molecule has 0 radical (unpaired) electrons. The van der Waals surface area contributed by atoms with E-state index in [4.69, 9.17) is 11.6 Å². The fraction of sp³-hybridized carbons (Fsp3) is 0.643. The van der Waals surface area contributed by atoms with Crippen molar-refractivity contribution in [2.24, 2.45) is 0 Å². The molecule has 7 heteroatoms. The van der Waals surface area contributed by atoms with Crippen molar-refractivity contribution < 1.29 is 9.90 Å². The van der Waals surface area contributed by atoms with Gasteiger partial charge in [0, 0.05) is 44.1 Å². The van der Waals surface area contributed by atoms with Gasteiger partial charge in [-0.2, -0.15) is 0 Å². The number of rotatable bonds is 3. The predicted octanol–water partition coefficient (Wildman–Crippen LogP) is 0.769. The van der Waals surface area contributed by atoms with Gasteiger partial charge < -0.3 is 15.3 Å². The van der Waals surface area contributed by atoms with Crippen LogP contribution in [0.1, 0.15) is 11.3 Å². The summed E-state index contributed by atoms with van der Waals surface area (Å²) in [6.07, 6.45) is 0.149. The third-order valence-corrected chi connectivity index (χ3v) is 5.31. The molecule has 1 aromatic rings. The summed E-state index contributed by atoms with van der Waals surface area (Å²) in [7, 11) is 0. The van der Waals surface area contributed by atoms with Crippen molar-refractivity contribution in [3.63, 3.8) is 0 Å². The zero-order valence-electron chi connectivity index (χ0n) is 11.8. The Labute approximate surface area is 133 Å². The van der Waals surface area contributed by atoms with Crippen LogP contribution in [-0.2, 0) is 11.3 Å². The molecule has 2 aliphatic rings. The van der Waals surface area contributed by atoms with Crippen molar-refractivity contribution in [2.75, 3.05) is 32.7 Å². The highest BCUT2D eigenvalue weighted by Gasteiger charge is 2.32. The lowest BCUT2D eigenvalue weighted by molar-refractivity contribution is -0.135. The molecule has 0 spiro atoms. The average molecular weight is 330 g/mol. The van der Waals surface area contributed by atoms with Gasteiger partial charge in [0.25, 0.3) is 0 Å². The van der Waals surface area contributed by atoms with Gasteiger partial charge in [0.15, 0.2) is 0 Å². The molecule has 21 heavy (non-hydrogen) atoms. The van der Waals surface area contributed by atoms with Crippen LogP contribution in [0, 0.1) is 0 Å². The number of aliphatic hydroxyl groups is 1. The van der Waals surface area contributed by atoms with E-state index in [2.05, 4.69) is 16.3 Å². The van der Waals surface area contributed by atoms with Gasteiger partial charge in [-0.05, 0) is 18.6 Å². The fourth-order valence-electron chi connectivity index (χ4n) is 2.91. The van der Waals surface area contributed by atoms with E-state index in [0.717, 1.165) is 37.1 Å². The summed E-state index contributed by atoms with van der Waals surface area (Å²) in [5.74, 6) is 0.130. The maximum atomic E-state index is 12.3. The van der Waals surface area contributed by atoms with Crippen LogP contribution in [0.5, 0.6) is 0 Å². The number of β-amino-alcohol motifs (C(OH)–C–C–N with tert-alkyl or cyclic N) is 1. The molecule has 3 rings (SSSR count). The lowest BCUT2D eigenvalue weighted by atomic mass is 10.1. The molecule has 0 bridgehead atoms. The van der Waals surface area contributed by atoms with Crippen molar-refractivity contribution in [3.8, 4) is 0 Å². The van der Waals surface area contributed by atoms with Crippen LogP contribution in [-0.4, -0.2) is 65.7 Å². The van der Waals surface area contributed by atoms with Gasteiger partial charge >= 0.3 is 0 Å². The minimum absolute atomic E-state index is 0.130. The summed E-state index contributed by atoms with van der Waals surface area (Å²) >= 11 is 7.56. The Morgan fingerprint density at radius 2 is 2.14 bits per heavy atom. The first-order chi connectivity index (χ1) is 10.1. The highest BCUT2D eigenvalue weighted by molar-refractivity contribution is 7.16. The number of nitrogens with zero attached hydrogens (tertiary/aromatic N) is 2. The van der Waals surface area contributed by atoms with Crippen LogP contribution in [0.3, 0.4) is 0 Å². The lowest BCUT2D eigenvalue weighted by Crippen LogP contribution is -2.52. The molecular formula is C14H20ClN3O2S. The average Bonchev–Trinajstić information content (AvgIpc) is 3.08. The van der Waals surface area contributed by atoms with Gasteiger partial charge in [0.1, 0.15) is 0 Å². The SMILES string of the molecule is O=C([C@H]1C[C@H](O)CN1)N1CCN(Cc2ccc(Cl)s2)CC1. The van der Waals surface area contributed by atoms with Crippen LogP contribution in [0.25, 0.3) is 0 Å². The van der Waals surface area contributed by atoms with E-state index >= 15 is 0 Å². The first kappa shape index (κ1) is 15.2. The number of piperazine rings is 1. The van der Waals surface area contributed by atoms with Gasteiger partial charge in [-0.3, -0.25) is 9.69 Å². The maximum absolute atomic E-state index is 12.3. The minimum Gasteiger partial charge on any atom is -0.392 e. The number of hydrogen-bond acceptors (Lipinski definition) is 5. The van der Waals surface area contributed by atoms with Crippen LogP contribution in [0.15, 0.2) is 12.1 Å². The minimum atomic E-state index is -0.385. The number of thiophene rings is 1. The third kappa shape index (κ3) is 3.76. The van der Waals surface area contributed by atoms with E-state index in [0.29, 0.717) is 13.0 Å². The van der Waals surface area contributed by atoms with Crippen molar-refractivity contribution >= 4 is 28.8 Å². The number of aliphatic hydroxyl groups excluding tert-OH is 1. The predicted molar refractivity (Wildman–Crippen MR) is 83.6 cm³/mol. The number of carbonyl (C=O) groups is 1. The number of amides is 1. The third-order valence-electron chi connectivity index (χ3n) is 4.10. The van der Waals surface area contributed by atoms with Crippen LogP contribution in [0.4, 0.5) is 0 Å². The van der Waals surface area contributed by atoms with E-state index in [1.165, 1.54) is 4.88 Å². The Hall–Kier alpha value is -0.660. The van der Waals surface area contributed by atoms with E-state index in [9.17, 15) is 9.90 Å². The first-order valence-electron chi connectivity index (χ1n) is 7.28. The zero-order chi connectivity index (χ0) is 14.8. The molecule has 3 heterocycles. The Kier molecular flexibility index (Phi) is 4.81. The second kappa shape index (κ2) is 6.62. The topological polar surface area (TPSA) is 55.8 Å². The van der Waals surface area contributed by atoms with Gasteiger partial charge in [0.05, 0.1) is 16.5 Å². The molecule has 0 aliphatic carbocycles. The van der Waals surface area contributed by atoms with Crippen LogP contribution < -0.4 is 5.32 Å². The molecule has 2 aliphatic heterocycles. The van der Waals surface area contributed by atoms with Gasteiger partial charge in [-0.1, -0.05) is 11.6 Å². The lowest BCUT2D eigenvalue weighted by Gasteiger charge is -2.35. The molecule has 0 aromatic carbocycles. The Bertz CT molecular complexity index is 502. The monoisotopic (exact) mass is 329 g/mol. The van der Waals surface area contributed by atoms with Crippen molar-refractivity contribution in [2.45, 2.75) is 25.1 Å². The molecule has 0 saturated carbocycles. The maximum Gasteiger partial charge on any atom is 0.239 e. The zero-order valence-corrected chi connectivity index (χ0v) is 13.4. The van der Waals surface area contributed by atoms with Gasteiger partial charge in [-0.25, -0.2) is 0 Å². The quantitative estimate of drug-likeness (QED) is 0.860. The molecule has 1 aromatic heterocycles. The Balaban J connectivity index is 1.47.